The topological polar surface area (TPSA) is 54.3 Å². The Morgan fingerprint density at radius 3 is 2.59 bits per heavy atom. The summed E-state index contributed by atoms with van der Waals surface area (Å²) in [5.74, 6) is 1.56. The van der Waals surface area contributed by atoms with Gasteiger partial charge < -0.3 is 15.5 Å². The minimum atomic E-state index is 0.504. The summed E-state index contributed by atoms with van der Waals surface area (Å²) in [7, 11) is 1.73. The Balaban J connectivity index is 1.43. The molecule has 0 aliphatic carbocycles. The lowest BCUT2D eigenvalue weighted by molar-refractivity contribution is 0.0879. The molecule has 2 saturated heterocycles. The van der Waals surface area contributed by atoms with Crippen LogP contribution in [0.15, 0.2) is 48.5 Å². The van der Waals surface area contributed by atoms with Crippen molar-refractivity contribution in [2.24, 2.45) is 5.73 Å². The number of rotatable bonds is 5. The van der Waals surface area contributed by atoms with Crippen molar-refractivity contribution in [1.29, 1.82) is 0 Å². The molecule has 152 valence electrons. The van der Waals surface area contributed by atoms with Crippen LogP contribution in [-0.2, 0) is 0 Å². The van der Waals surface area contributed by atoms with Crippen LogP contribution in [0, 0.1) is 0 Å². The molecule has 3 N–H and O–H groups in total. The maximum Gasteiger partial charge on any atom is 0.128 e. The number of nitrogens with two attached hydrogens (primary N) is 1. The van der Waals surface area contributed by atoms with Crippen molar-refractivity contribution in [2.75, 3.05) is 13.7 Å². The zero-order valence-corrected chi connectivity index (χ0v) is 17.4. The quantitative estimate of drug-likeness (QED) is 0.652. The average Bonchev–Trinajstić information content (AvgIpc) is 3.30. The molecule has 0 radical (unpaired) electrons. The van der Waals surface area contributed by atoms with E-state index < -0.39 is 0 Å². The fraction of sp³-hybridized carbons (Fsp3) is 0.440. The zero-order valence-electron chi connectivity index (χ0n) is 17.4. The van der Waals surface area contributed by atoms with E-state index in [1.807, 2.05) is 12.1 Å². The molecule has 0 spiro atoms. The molecule has 2 aliphatic heterocycles. The largest absolute Gasteiger partial charge is 0.496 e. The summed E-state index contributed by atoms with van der Waals surface area (Å²) in [5.41, 5.74) is 10.9. The summed E-state index contributed by atoms with van der Waals surface area (Å²) in [6.07, 6.45) is 5.18. The molecular formula is C25H31N3O. The standard InChI is InChI=1S/C25H31N3O/c1-16(15-26)28-20-8-9-21(28)13-18(12-20)17-7-10-23-19(11-17)14-24(27-23)22-5-3-4-6-25(22)29-2/h3-7,10-11,14,16,18,20-21,27H,8-9,12-13,15,26H2,1-2H3. The molecule has 3 unspecified atom stereocenters. The number of hydrogen-bond donors (Lipinski definition) is 2. The van der Waals surface area contributed by atoms with E-state index in [0.29, 0.717) is 24.0 Å². The van der Waals surface area contributed by atoms with E-state index >= 15 is 0 Å². The molecule has 4 nitrogen and oxygen atoms in total. The summed E-state index contributed by atoms with van der Waals surface area (Å²) in [6, 6.07) is 19.3. The van der Waals surface area contributed by atoms with Gasteiger partial charge in [-0.15, -0.1) is 0 Å². The van der Waals surface area contributed by atoms with Crippen LogP contribution in [-0.4, -0.2) is 41.7 Å². The van der Waals surface area contributed by atoms with Gasteiger partial charge in [0.25, 0.3) is 0 Å². The number of para-hydroxylation sites is 1. The van der Waals surface area contributed by atoms with Crippen LogP contribution in [0.5, 0.6) is 5.75 Å². The van der Waals surface area contributed by atoms with Gasteiger partial charge in [0.2, 0.25) is 0 Å². The third kappa shape index (κ3) is 3.24. The van der Waals surface area contributed by atoms with Crippen LogP contribution in [0.3, 0.4) is 0 Å². The molecule has 1 aromatic heterocycles. The number of benzene rings is 2. The Morgan fingerprint density at radius 1 is 1.10 bits per heavy atom. The predicted molar refractivity (Wildman–Crippen MR) is 119 cm³/mol. The lowest BCUT2D eigenvalue weighted by Crippen LogP contribution is -2.49. The van der Waals surface area contributed by atoms with Gasteiger partial charge in [-0.2, -0.15) is 0 Å². The van der Waals surface area contributed by atoms with Crippen molar-refractivity contribution in [1.82, 2.24) is 9.88 Å². The van der Waals surface area contributed by atoms with Gasteiger partial charge in [0.05, 0.1) is 12.8 Å². The van der Waals surface area contributed by atoms with E-state index in [-0.39, 0.29) is 0 Å². The van der Waals surface area contributed by atoms with Gasteiger partial charge in [0.1, 0.15) is 5.75 Å². The van der Waals surface area contributed by atoms with Gasteiger partial charge in [0, 0.05) is 41.1 Å². The monoisotopic (exact) mass is 389 g/mol. The molecule has 29 heavy (non-hydrogen) atoms. The Bertz CT molecular complexity index is 996. The van der Waals surface area contributed by atoms with E-state index in [1.165, 1.54) is 42.1 Å². The summed E-state index contributed by atoms with van der Waals surface area (Å²) in [4.78, 5) is 6.29. The number of nitrogens with one attached hydrogen (secondary N) is 1. The molecule has 5 rings (SSSR count). The van der Waals surface area contributed by atoms with Gasteiger partial charge in [0.15, 0.2) is 0 Å². The minimum Gasteiger partial charge on any atom is -0.496 e. The van der Waals surface area contributed by atoms with E-state index in [4.69, 9.17) is 10.5 Å². The first-order valence-electron chi connectivity index (χ1n) is 10.9. The van der Waals surface area contributed by atoms with Gasteiger partial charge >= 0.3 is 0 Å². The van der Waals surface area contributed by atoms with Crippen LogP contribution in [0.1, 0.15) is 44.1 Å². The maximum absolute atomic E-state index is 5.98. The fourth-order valence-electron chi connectivity index (χ4n) is 5.74. The summed E-state index contributed by atoms with van der Waals surface area (Å²) < 4.78 is 5.55. The number of fused-ring (bicyclic) bond motifs is 3. The number of H-pyrrole nitrogens is 1. The number of aromatic amines is 1. The first-order chi connectivity index (χ1) is 14.2. The third-order valence-electron chi connectivity index (χ3n) is 7.15. The van der Waals surface area contributed by atoms with Crippen molar-refractivity contribution in [3.8, 4) is 17.0 Å². The zero-order chi connectivity index (χ0) is 20.0. The highest BCUT2D eigenvalue weighted by molar-refractivity contribution is 5.87. The lowest BCUT2D eigenvalue weighted by Gasteiger charge is -2.42. The van der Waals surface area contributed by atoms with Crippen LogP contribution in [0.4, 0.5) is 0 Å². The molecule has 4 heteroatoms. The molecular weight excluding hydrogens is 358 g/mol. The molecule has 3 heterocycles. The Kier molecular flexibility index (Phi) is 4.84. The molecule has 3 atom stereocenters. The van der Waals surface area contributed by atoms with Crippen LogP contribution in [0.2, 0.25) is 0 Å². The van der Waals surface area contributed by atoms with Crippen molar-refractivity contribution in [2.45, 2.75) is 56.7 Å². The molecule has 2 aliphatic rings. The second-order valence-electron chi connectivity index (χ2n) is 8.82. The Labute approximate surface area is 173 Å². The van der Waals surface area contributed by atoms with Gasteiger partial charge in [-0.25, -0.2) is 0 Å². The van der Waals surface area contributed by atoms with Crippen molar-refractivity contribution < 1.29 is 4.74 Å². The highest BCUT2D eigenvalue weighted by Crippen LogP contribution is 2.44. The predicted octanol–water partition coefficient (Wildman–Crippen LogP) is 4.90. The molecule has 0 saturated carbocycles. The molecule has 3 aromatic rings. The summed E-state index contributed by atoms with van der Waals surface area (Å²) in [5, 5.41) is 1.29. The van der Waals surface area contributed by atoms with Crippen molar-refractivity contribution in [3.05, 3.63) is 54.1 Å². The smallest absolute Gasteiger partial charge is 0.128 e. The summed E-state index contributed by atoms with van der Waals surface area (Å²) in [6.45, 7) is 3.05. The van der Waals surface area contributed by atoms with E-state index in [1.54, 1.807) is 7.11 Å². The van der Waals surface area contributed by atoms with E-state index in [2.05, 4.69) is 53.2 Å². The number of aromatic nitrogens is 1. The maximum atomic E-state index is 5.98. The normalized spacial score (nSPS) is 25.4. The average molecular weight is 390 g/mol. The fourth-order valence-corrected chi connectivity index (χ4v) is 5.74. The van der Waals surface area contributed by atoms with Gasteiger partial charge in [-0.3, -0.25) is 4.90 Å². The number of ether oxygens (including phenoxy) is 1. The first kappa shape index (κ1) is 18.7. The molecule has 2 bridgehead atoms. The van der Waals surface area contributed by atoms with Crippen molar-refractivity contribution in [3.63, 3.8) is 0 Å². The summed E-state index contributed by atoms with van der Waals surface area (Å²) >= 11 is 0. The third-order valence-corrected chi connectivity index (χ3v) is 7.15. The Morgan fingerprint density at radius 2 is 1.86 bits per heavy atom. The highest BCUT2D eigenvalue weighted by Gasteiger charge is 2.42. The second-order valence-corrected chi connectivity index (χ2v) is 8.82. The van der Waals surface area contributed by atoms with Crippen LogP contribution < -0.4 is 10.5 Å². The number of nitrogens with zero attached hydrogens (tertiary/aromatic N) is 1. The van der Waals surface area contributed by atoms with Gasteiger partial charge in [-0.05, 0) is 74.4 Å². The van der Waals surface area contributed by atoms with Crippen molar-refractivity contribution >= 4 is 10.9 Å². The SMILES string of the molecule is COc1ccccc1-c1cc2cc(C3CC4CCC(C3)N4C(C)CN)ccc2[nH]1. The van der Waals surface area contributed by atoms with E-state index in [9.17, 15) is 0 Å². The Hall–Kier alpha value is -2.30. The molecule has 2 fully saturated rings. The number of piperidine rings is 1. The highest BCUT2D eigenvalue weighted by atomic mass is 16.5. The minimum absolute atomic E-state index is 0.504. The number of methoxy groups -OCH3 is 1. The van der Waals surface area contributed by atoms with Gasteiger partial charge in [-0.1, -0.05) is 18.2 Å². The van der Waals surface area contributed by atoms with E-state index in [0.717, 1.165) is 23.6 Å². The molecule has 2 aromatic carbocycles. The van der Waals surface area contributed by atoms with Crippen LogP contribution >= 0.6 is 0 Å². The van der Waals surface area contributed by atoms with Crippen LogP contribution in [0.25, 0.3) is 22.2 Å². The molecule has 0 amide bonds. The number of hydrogen-bond acceptors (Lipinski definition) is 3. The second kappa shape index (κ2) is 7.51. The first-order valence-corrected chi connectivity index (χ1v) is 10.9. The lowest BCUT2D eigenvalue weighted by atomic mass is 9.84.